The van der Waals surface area contributed by atoms with E-state index in [9.17, 15) is 9.90 Å². The van der Waals surface area contributed by atoms with Crippen molar-refractivity contribution in [1.82, 2.24) is 10.6 Å². The maximum absolute atomic E-state index is 12.4. The zero-order valence-electron chi connectivity index (χ0n) is 17.3. The number of methoxy groups -OCH3 is 1. The number of aliphatic imine (C=N–C) groups is 1. The third-order valence-electron chi connectivity index (χ3n) is 4.79. The van der Waals surface area contributed by atoms with E-state index in [0.717, 1.165) is 17.8 Å². The highest BCUT2D eigenvalue weighted by atomic mass is 127. The molecule has 1 atom stereocenters. The Balaban J connectivity index is 0.00000320. The number of halogens is 1. The number of nitrogens with one attached hydrogen (secondary N) is 2. The summed E-state index contributed by atoms with van der Waals surface area (Å²) in [6, 6.07) is 15.0. The van der Waals surface area contributed by atoms with Gasteiger partial charge < -0.3 is 25.4 Å². The molecule has 0 bridgehead atoms. The van der Waals surface area contributed by atoms with Crippen LogP contribution in [0.1, 0.15) is 18.9 Å². The number of benzene rings is 2. The Morgan fingerprint density at radius 2 is 2.03 bits per heavy atom. The number of anilines is 1. The van der Waals surface area contributed by atoms with E-state index in [1.54, 1.807) is 6.07 Å². The van der Waals surface area contributed by atoms with Gasteiger partial charge in [0.1, 0.15) is 0 Å². The van der Waals surface area contributed by atoms with E-state index in [4.69, 9.17) is 4.74 Å². The number of carbonyl (C=O) groups is 1. The third-order valence-corrected chi connectivity index (χ3v) is 4.79. The Morgan fingerprint density at radius 3 is 2.73 bits per heavy atom. The summed E-state index contributed by atoms with van der Waals surface area (Å²) >= 11 is 0. The molecule has 162 valence electrons. The number of amides is 1. The van der Waals surface area contributed by atoms with Crippen LogP contribution in [0.15, 0.2) is 53.5 Å². The van der Waals surface area contributed by atoms with Crippen molar-refractivity contribution in [1.29, 1.82) is 0 Å². The molecule has 1 heterocycles. The number of rotatable bonds is 7. The van der Waals surface area contributed by atoms with E-state index in [1.165, 1.54) is 7.11 Å². The van der Waals surface area contributed by atoms with Crippen molar-refractivity contribution in [3.8, 4) is 11.5 Å². The summed E-state index contributed by atoms with van der Waals surface area (Å²) < 4.78 is 5.15. The lowest BCUT2D eigenvalue weighted by atomic mass is 10.1. The van der Waals surface area contributed by atoms with Crippen molar-refractivity contribution in [3.63, 3.8) is 0 Å². The van der Waals surface area contributed by atoms with E-state index in [-0.39, 0.29) is 41.7 Å². The Bertz CT molecular complexity index is 861. The largest absolute Gasteiger partial charge is 0.504 e. The Kier molecular flexibility index (Phi) is 9.22. The first-order valence-corrected chi connectivity index (χ1v) is 9.87. The number of phenols is 1. The topological polar surface area (TPSA) is 86.2 Å². The van der Waals surface area contributed by atoms with E-state index in [0.29, 0.717) is 37.6 Å². The van der Waals surface area contributed by atoms with Gasteiger partial charge in [-0.2, -0.15) is 0 Å². The summed E-state index contributed by atoms with van der Waals surface area (Å²) in [5.74, 6) is 1.40. The minimum atomic E-state index is 0. The number of ether oxygens (including phenoxy) is 1. The molecule has 1 fully saturated rings. The molecule has 2 aromatic rings. The molecule has 0 saturated carbocycles. The summed E-state index contributed by atoms with van der Waals surface area (Å²) in [7, 11) is 1.53. The summed E-state index contributed by atoms with van der Waals surface area (Å²) in [6.07, 6.45) is 1.15. The number of phenolic OH excluding ortho intramolecular Hbond substituents is 1. The highest BCUT2D eigenvalue weighted by Gasteiger charge is 2.31. The smallest absolute Gasteiger partial charge is 0.229 e. The van der Waals surface area contributed by atoms with Gasteiger partial charge in [0.05, 0.1) is 13.2 Å². The number of para-hydroxylation sites is 1. The van der Waals surface area contributed by atoms with Crippen molar-refractivity contribution >= 4 is 41.5 Å². The second-order valence-electron chi connectivity index (χ2n) is 6.90. The SMILES string of the molecule is CCNC(=NCCc1ccc(O)c(OC)c1)NC1CC(=O)N(c2ccccc2)C1.I. The molecule has 3 rings (SSSR count). The van der Waals surface area contributed by atoms with Crippen LogP contribution in [-0.2, 0) is 11.2 Å². The zero-order chi connectivity index (χ0) is 20.6. The molecule has 1 unspecified atom stereocenters. The maximum Gasteiger partial charge on any atom is 0.229 e. The molecule has 1 saturated heterocycles. The normalized spacial score (nSPS) is 16.2. The molecule has 7 nitrogen and oxygen atoms in total. The fraction of sp³-hybridized carbons (Fsp3) is 0.364. The van der Waals surface area contributed by atoms with Gasteiger partial charge in [-0.15, -0.1) is 24.0 Å². The van der Waals surface area contributed by atoms with Gasteiger partial charge in [-0.3, -0.25) is 9.79 Å². The molecule has 0 aromatic heterocycles. The molecule has 8 heteroatoms. The summed E-state index contributed by atoms with van der Waals surface area (Å²) in [4.78, 5) is 18.8. The second kappa shape index (κ2) is 11.6. The number of hydrogen-bond donors (Lipinski definition) is 3. The predicted octanol–water partition coefficient (Wildman–Crippen LogP) is 2.92. The Labute approximate surface area is 194 Å². The van der Waals surface area contributed by atoms with Crippen molar-refractivity contribution in [3.05, 3.63) is 54.1 Å². The summed E-state index contributed by atoms with van der Waals surface area (Å²) in [6.45, 7) is 3.94. The minimum absolute atomic E-state index is 0. The number of hydrogen-bond acceptors (Lipinski definition) is 4. The number of nitrogens with zero attached hydrogens (tertiary/aromatic N) is 2. The lowest BCUT2D eigenvalue weighted by Gasteiger charge is -2.19. The molecular weight excluding hydrogens is 495 g/mol. The van der Waals surface area contributed by atoms with E-state index < -0.39 is 0 Å². The van der Waals surface area contributed by atoms with Gasteiger partial charge in [0, 0.05) is 31.7 Å². The fourth-order valence-electron chi connectivity index (χ4n) is 3.35. The number of carbonyl (C=O) groups excluding carboxylic acids is 1. The van der Waals surface area contributed by atoms with Gasteiger partial charge >= 0.3 is 0 Å². The van der Waals surface area contributed by atoms with Crippen LogP contribution in [0.2, 0.25) is 0 Å². The van der Waals surface area contributed by atoms with Crippen LogP contribution < -0.4 is 20.3 Å². The van der Waals surface area contributed by atoms with Crippen LogP contribution in [0.5, 0.6) is 11.5 Å². The van der Waals surface area contributed by atoms with Crippen molar-refractivity contribution < 1.29 is 14.6 Å². The van der Waals surface area contributed by atoms with E-state index in [2.05, 4.69) is 15.6 Å². The standard InChI is InChI=1S/C22H28N4O3.HI/c1-3-23-22(24-12-11-16-9-10-19(27)20(13-16)29-2)25-17-14-21(28)26(15-17)18-7-5-4-6-8-18;/h4-10,13,17,27H,3,11-12,14-15H2,1-2H3,(H2,23,24,25);1H. The molecule has 1 aliphatic rings. The highest BCUT2D eigenvalue weighted by Crippen LogP contribution is 2.26. The van der Waals surface area contributed by atoms with Gasteiger partial charge in [0.25, 0.3) is 0 Å². The quantitative estimate of drug-likeness (QED) is 0.295. The van der Waals surface area contributed by atoms with Crippen LogP contribution in [0, 0.1) is 0 Å². The molecule has 0 aliphatic carbocycles. The van der Waals surface area contributed by atoms with Crippen LogP contribution in [0.25, 0.3) is 0 Å². The molecule has 1 aliphatic heterocycles. The molecule has 1 amide bonds. The van der Waals surface area contributed by atoms with Crippen LogP contribution >= 0.6 is 24.0 Å². The first-order chi connectivity index (χ1) is 14.1. The second-order valence-corrected chi connectivity index (χ2v) is 6.90. The van der Waals surface area contributed by atoms with Gasteiger partial charge in [-0.1, -0.05) is 24.3 Å². The lowest BCUT2D eigenvalue weighted by Crippen LogP contribution is -2.44. The molecule has 2 aromatic carbocycles. The average molecular weight is 524 g/mol. The minimum Gasteiger partial charge on any atom is -0.504 e. The average Bonchev–Trinajstić information content (AvgIpc) is 3.10. The molecule has 0 radical (unpaired) electrons. The Hall–Kier alpha value is -2.49. The molecular formula is C22H29IN4O3. The first kappa shape index (κ1) is 23.8. The molecule has 0 spiro atoms. The maximum atomic E-state index is 12.4. The Morgan fingerprint density at radius 1 is 1.27 bits per heavy atom. The number of guanidine groups is 1. The van der Waals surface area contributed by atoms with Crippen LogP contribution in [-0.4, -0.2) is 49.8 Å². The van der Waals surface area contributed by atoms with Gasteiger partial charge in [0.2, 0.25) is 5.91 Å². The highest BCUT2D eigenvalue weighted by molar-refractivity contribution is 14.0. The summed E-state index contributed by atoms with van der Waals surface area (Å²) in [5, 5.41) is 16.3. The van der Waals surface area contributed by atoms with Crippen molar-refractivity contribution in [2.24, 2.45) is 4.99 Å². The monoisotopic (exact) mass is 524 g/mol. The van der Waals surface area contributed by atoms with Gasteiger partial charge in [0.15, 0.2) is 17.5 Å². The van der Waals surface area contributed by atoms with E-state index in [1.807, 2.05) is 54.3 Å². The van der Waals surface area contributed by atoms with Crippen LogP contribution in [0.4, 0.5) is 5.69 Å². The van der Waals surface area contributed by atoms with Crippen molar-refractivity contribution in [2.45, 2.75) is 25.8 Å². The zero-order valence-corrected chi connectivity index (χ0v) is 19.6. The van der Waals surface area contributed by atoms with E-state index >= 15 is 0 Å². The van der Waals surface area contributed by atoms with Crippen LogP contribution in [0.3, 0.4) is 0 Å². The number of aromatic hydroxyl groups is 1. The first-order valence-electron chi connectivity index (χ1n) is 9.87. The third kappa shape index (κ3) is 6.25. The fourth-order valence-corrected chi connectivity index (χ4v) is 3.35. The van der Waals surface area contributed by atoms with Crippen molar-refractivity contribution in [2.75, 3.05) is 31.6 Å². The van der Waals surface area contributed by atoms with Gasteiger partial charge in [-0.25, -0.2) is 0 Å². The molecule has 3 N–H and O–H groups in total. The summed E-state index contributed by atoms with van der Waals surface area (Å²) in [5.41, 5.74) is 1.95. The van der Waals surface area contributed by atoms with Gasteiger partial charge in [-0.05, 0) is 43.2 Å². The lowest BCUT2D eigenvalue weighted by molar-refractivity contribution is -0.117. The predicted molar refractivity (Wildman–Crippen MR) is 130 cm³/mol. The molecule has 30 heavy (non-hydrogen) atoms.